The molecule has 3 rings (SSSR count). The second-order valence-corrected chi connectivity index (χ2v) is 8.07. The van der Waals surface area contributed by atoms with E-state index in [1.807, 2.05) is 42.6 Å². The van der Waals surface area contributed by atoms with Crippen LogP contribution in [-0.4, -0.2) is 17.6 Å². The number of anilines is 1. The first-order valence-corrected chi connectivity index (χ1v) is 10.6. The first-order chi connectivity index (χ1) is 13.2. The summed E-state index contributed by atoms with van der Waals surface area (Å²) in [7, 11) is 0. The van der Waals surface area contributed by atoms with Crippen LogP contribution in [0.1, 0.15) is 30.3 Å². The highest BCUT2D eigenvalue weighted by Crippen LogP contribution is 2.30. The van der Waals surface area contributed by atoms with Gasteiger partial charge < -0.3 is 15.4 Å². The van der Waals surface area contributed by atoms with Crippen LogP contribution in [0.2, 0.25) is 0 Å². The Labute approximate surface area is 167 Å². The summed E-state index contributed by atoms with van der Waals surface area (Å²) in [5, 5.41) is 8.77. The molecule has 5 nitrogen and oxygen atoms in total. The SMILES string of the molecule is CCCCOc1ccc(NC(=O)NCc2sc(-c3cccs3)nc2C)cc1. The number of urea groups is 1. The molecule has 0 unspecified atom stereocenters. The van der Waals surface area contributed by atoms with Crippen molar-refractivity contribution in [2.24, 2.45) is 0 Å². The number of ether oxygens (including phenoxy) is 1. The van der Waals surface area contributed by atoms with Crippen molar-refractivity contribution in [3.63, 3.8) is 0 Å². The highest BCUT2D eigenvalue weighted by atomic mass is 32.1. The number of hydrogen-bond donors (Lipinski definition) is 2. The van der Waals surface area contributed by atoms with Gasteiger partial charge in [0.1, 0.15) is 10.8 Å². The number of amides is 2. The maximum Gasteiger partial charge on any atom is 0.319 e. The van der Waals surface area contributed by atoms with E-state index < -0.39 is 0 Å². The van der Waals surface area contributed by atoms with Crippen LogP contribution in [0, 0.1) is 6.92 Å². The number of aryl methyl sites for hydroxylation is 1. The van der Waals surface area contributed by atoms with Crippen molar-refractivity contribution >= 4 is 34.4 Å². The molecule has 0 atom stereocenters. The number of unbranched alkanes of at least 4 members (excludes halogenated alkanes) is 1. The summed E-state index contributed by atoms with van der Waals surface area (Å²) in [4.78, 5) is 19.0. The minimum atomic E-state index is -0.236. The second kappa shape index (κ2) is 9.53. The van der Waals surface area contributed by atoms with Crippen molar-refractivity contribution in [3.8, 4) is 15.6 Å². The molecule has 0 bridgehead atoms. The molecule has 0 aliphatic heterocycles. The fraction of sp³-hybridized carbons (Fsp3) is 0.300. The number of thiazole rings is 1. The Morgan fingerprint density at radius 2 is 2.04 bits per heavy atom. The zero-order valence-corrected chi connectivity index (χ0v) is 17.1. The maximum absolute atomic E-state index is 12.2. The van der Waals surface area contributed by atoms with Gasteiger partial charge in [0.2, 0.25) is 0 Å². The Kier molecular flexibility index (Phi) is 6.84. The summed E-state index contributed by atoms with van der Waals surface area (Å²) in [5.41, 5.74) is 1.69. The lowest BCUT2D eigenvalue weighted by Gasteiger charge is -2.09. The Morgan fingerprint density at radius 1 is 1.22 bits per heavy atom. The Morgan fingerprint density at radius 3 is 2.74 bits per heavy atom. The van der Waals surface area contributed by atoms with Crippen molar-refractivity contribution < 1.29 is 9.53 Å². The number of carbonyl (C=O) groups is 1. The number of rotatable bonds is 8. The zero-order chi connectivity index (χ0) is 19.1. The monoisotopic (exact) mass is 401 g/mol. The minimum Gasteiger partial charge on any atom is -0.494 e. The number of benzene rings is 1. The maximum atomic E-state index is 12.2. The summed E-state index contributed by atoms with van der Waals surface area (Å²) in [6, 6.07) is 11.3. The van der Waals surface area contributed by atoms with Gasteiger partial charge in [0.05, 0.1) is 23.7 Å². The third-order valence-corrected chi connectivity index (χ3v) is 6.11. The fourth-order valence-electron chi connectivity index (χ4n) is 2.40. The van der Waals surface area contributed by atoms with Gasteiger partial charge >= 0.3 is 6.03 Å². The lowest BCUT2D eigenvalue weighted by atomic mass is 10.3. The molecule has 0 aliphatic rings. The molecule has 0 spiro atoms. The predicted molar refractivity (Wildman–Crippen MR) is 113 cm³/mol. The smallest absolute Gasteiger partial charge is 0.319 e. The standard InChI is InChI=1S/C20H23N3O2S2/c1-3-4-11-25-16-9-7-15(8-10-16)23-20(24)21-13-18-14(2)22-19(27-18)17-6-5-12-26-17/h5-10,12H,3-4,11,13H2,1-2H3,(H2,21,23,24). The molecule has 1 aromatic carbocycles. The topological polar surface area (TPSA) is 63.2 Å². The first kappa shape index (κ1) is 19.4. The third kappa shape index (κ3) is 5.55. The van der Waals surface area contributed by atoms with E-state index >= 15 is 0 Å². The average molecular weight is 402 g/mol. The molecular weight excluding hydrogens is 378 g/mol. The molecule has 3 aromatic rings. The largest absolute Gasteiger partial charge is 0.494 e. The summed E-state index contributed by atoms with van der Waals surface area (Å²) in [6.45, 7) is 5.27. The Balaban J connectivity index is 1.50. The van der Waals surface area contributed by atoms with E-state index in [1.165, 1.54) is 0 Å². The van der Waals surface area contributed by atoms with E-state index in [0.717, 1.165) is 44.7 Å². The average Bonchev–Trinajstić information content (AvgIpc) is 3.31. The van der Waals surface area contributed by atoms with Crippen molar-refractivity contribution in [1.29, 1.82) is 0 Å². The van der Waals surface area contributed by atoms with Crippen LogP contribution < -0.4 is 15.4 Å². The molecule has 2 N–H and O–H groups in total. The normalized spacial score (nSPS) is 10.6. The number of thiophene rings is 1. The summed E-state index contributed by atoms with van der Waals surface area (Å²) < 4.78 is 5.62. The third-order valence-electron chi connectivity index (χ3n) is 3.91. The van der Waals surface area contributed by atoms with Crippen molar-refractivity contribution in [3.05, 3.63) is 52.3 Å². The van der Waals surface area contributed by atoms with Crippen molar-refractivity contribution in [2.75, 3.05) is 11.9 Å². The van der Waals surface area contributed by atoms with Gasteiger partial charge in [-0.1, -0.05) is 19.4 Å². The van der Waals surface area contributed by atoms with Crippen LogP contribution in [0.5, 0.6) is 5.75 Å². The number of hydrogen-bond acceptors (Lipinski definition) is 5. The van der Waals surface area contributed by atoms with Crippen LogP contribution in [0.15, 0.2) is 41.8 Å². The first-order valence-electron chi connectivity index (χ1n) is 8.93. The van der Waals surface area contributed by atoms with Crippen LogP contribution in [0.3, 0.4) is 0 Å². The molecule has 0 fully saturated rings. The molecule has 0 saturated carbocycles. The predicted octanol–water partition coefficient (Wildman–Crippen LogP) is 5.68. The van der Waals surface area contributed by atoms with Gasteiger partial charge in [-0.05, 0) is 49.1 Å². The Bertz CT molecular complexity index is 858. The van der Waals surface area contributed by atoms with E-state index in [4.69, 9.17) is 4.74 Å². The van der Waals surface area contributed by atoms with E-state index in [1.54, 1.807) is 22.7 Å². The highest BCUT2D eigenvalue weighted by Gasteiger charge is 2.11. The van der Waals surface area contributed by atoms with Gasteiger partial charge in [0.15, 0.2) is 0 Å². The Hall–Kier alpha value is -2.38. The van der Waals surface area contributed by atoms with Gasteiger partial charge in [0, 0.05) is 10.6 Å². The van der Waals surface area contributed by atoms with E-state index in [0.29, 0.717) is 13.2 Å². The number of aromatic nitrogens is 1. The van der Waals surface area contributed by atoms with Gasteiger partial charge in [-0.15, -0.1) is 22.7 Å². The molecule has 142 valence electrons. The molecule has 2 amide bonds. The summed E-state index contributed by atoms with van der Waals surface area (Å²) in [6.07, 6.45) is 2.14. The molecule has 27 heavy (non-hydrogen) atoms. The molecule has 2 heterocycles. The second-order valence-electron chi connectivity index (χ2n) is 6.04. The van der Waals surface area contributed by atoms with Crippen LogP contribution in [0.25, 0.3) is 9.88 Å². The van der Waals surface area contributed by atoms with Crippen molar-refractivity contribution in [2.45, 2.75) is 33.2 Å². The number of nitrogens with one attached hydrogen (secondary N) is 2. The van der Waals surface area contributed by atoms with Gasteiger partial charge in [0.25, 0.3) is 0 Å². The van der Waals surface area contributed by atoms with Gasteiger partial charge in [-0.3, -0.25) is 0 Å². The van der Waals surface area contributed by atoms with Gasteiger partial charge in [-0.25, -0.2) is 9.78 Å². The molecule has 7 heteroatoms. The lowest BCUT2D eigenvalue weighted by molar-refractivity contribution is 0.252. The molecule has 0 aliphatic carbocycles. The van der Waals surface area contributed by atoms with Crippen LogP contribution in [-0.2, 0) is 6.54 Å². The molecule has 2 aromatic heterocycles. The van der Waals surface area contributed by atoms with E-state index in [9.17, 15) is 4.79 Å². The molecule has 0 saturated heterocycles. The van der Waals surface area contributed by atoms with Gasteiger partial charge in [-0.2, -0.15) is 0 Å². The fourth-order valence-corrected chi connectivity index (χ4v) is 4.20. The minimum absolute atomic E-state index is 0.236. The zero-order valence-electron chi connectivity index (χ0n) is 15.5. The molecular formula is C20H23N3O2S2. The van der Waals surface area contributed by atoms with E-state index in [-0.39, 0.29) is 6.03 Å². The van der Waals surface area contributed by atoms with Crippen LogP contribution in [0.4, 0.5) is 10.5 Å². The summed E-state index contributed by atoms with van der Waals surface area (Å²) >= 11 is 3.29. The highest BCUT2D eigenvalue weighted by molar-refractivity contribution is 7.21. The van der Waals surface area contributed by atoms with Crippen LogP contribution >= 0.6 is 22.7 Å². The summed E-state index contributed by atoms with van der Waals surface area (Å²) in [5.74, 6) is 0.816. The lowest BCUT2D eigenvalue weighted by Crippen LogP contribution is -2.28. The van der Waals surface area contributed by atoms with Crippen molar-refractivity contribution in [1.82, 2.24) is 10.3 Å². The number of nitrogens with zero attached hydrogens (tertiary/aromatic N) is 1. The quantitative estimate of drug-likeness (QED) is 0.477. The molecule has 0 radical (unpaired) electrons. The number of carbonyl (C=O) groups excluding carboxylic acids is 1. The van der Waals surface area contributed by atoms with E-state index in [2.05, 4.69) is 28.6 Å².